The van der Waals surface area contributed by atoms with Gasteiger partial charge in [0.1, 0.15) is 11.2 Å². The zero-order valence-corrected chi connectivity index (χ0v) is 29.1. The van der Waals surface area contributed by atoms with E-state index < -0.39 is 0 Å². The molecule has 0 bridgehead atoms. The van der Waals surface area contributed by atoms with Gasteiger partial charge in [-0.3, -0.25) is 9.78 Å². The van der Waals surface area contributed by atoms with Crippen LogP contribution in [0.5, 0.6) is 0 Å². The van der Waals surface area contributed by atoms with Crippen molar-refractivity contribution in [2.24, 2.45) is 11.8 Å². The standard InChI is InChI=1S/C25H20NO.C13H24O2.Ir/c1-14-9-15(2)12-18(11-14)23-25-22(19-7-5-6-8-21(19)26-23)20-13-16(3)10-17(4)24(20)27-25;1-5-10(6-2)12(14)9-13(15)11(7-3)8-4;/h5-11,13H,1-4H3;9-11,14H,5-8H2,1-4H3;/q-1;;/b;12-9-;. The summed E-state index contributed by atoms with van der Waals surface area (Å²) in [7, 11) is 0. The van der Waals surface area contributed by atoms with Crippen molar-refractivity contribution in [2.75, 3.05) is 0 Å². The summed E-state index contributed by atoms with van der Waals surface area (Å²) < 4.78 is 6.43. The number of nitrogens with zero attached hydrogens (tertiary/aromatic N) is 1. The second kappa shape index (κ2) is 14.9. The largest absolute Gasteiger partial charge is 0.512 e. The van der Waals surface area contributed by atoms with Gasteiger partial charge in [-0.25, -0.2) is 0 Å². The molecule has 0 saturated carbocycles. The first-order valence-electron chi connectivity index (χ1n) is 15.3. The molecule has 5 aromatic rings. The molecule has 0 aliphatic rings. The SMILES string of the molecule is CCC(CC)C(=O)/C=C(\O)C(CC)CC.Cc1[c-]c(-c2nc3ccccc3c3c2oc2c(C)cc(C)cc23)cc(C)c1.[Ir]. The molecule has 229 valence electrons. The van der Waals surface area contributed by atoms with Crippen molar-refractivity contribution < 1.29 is 34.4 Å². The molecule has 0 fully saturated rings. The van der Waals surface area contributed by atoms with E-state index in [1.54, 1.807) is 0 Å². The Balaban J connectivity index is 0.000000274. The predicted octanol–water partition coefficient (Wildman–Crippen LogP) is 10.7. The van der Waals surface area contributed by atoms with E-state index in [1.807, 2.05) is 33.8 Å². The molecule has 0 amide bonds. The molecule has 4 nitrogen and oxygen atoms in total. The normalized spacial score (nSPS) is 11.7. The Bertz CT molecular complexity index is 1740. The Morgan fingerprint density at radius 2 is 1.49 bits per heavy atom. The summed E-state index contributed by atoms with van der Waals surface area (Å²) in [6, 6.07) is 20.4. The monoisotopic (exact) mass is 755 g/mol. The van der Waals surface area contributed by atoms with Crippen LogP contribution >= 0.6 is 0 Å². The molecular weight excluding hydrogens is 711 g/mol. The van der Waals surface area contributed by atoms with Gasteiger partial charge in [0.2, 0.25) is 0 Å². The molecule has 3 aromatic carbocycles. The van der Waals surface area contributed by atoms with Gasteiger partial charge in [0.15, 0.2) is 5.78 Å². The number of hydrogen-bond donors (Lipinski definition) is 1. The van der Waals surface area contributed by atoms with Crippen LogP contribution in [0.2, 0.25) is 0 Å². The van der Waals surface area contributed by atoms with Crippen molar-refractivity contribution in [3.8, 4) is 11.3 Å². The zero-order chi connectivity index (χ0) is 30.6. The van der Waals surface area contributed by atoms with Crippen LogP contribution in [-0.2, 0) is 24.9 Å². The quantitative estimate of drug-likeness (QED) is 0.0973. The molecule has 0 aliphatic carbocycles. The third-order valence-electron chi connectivity index (χ3n) is 8.23. The van der Waals surface area contributed by atoms with E-state index in [9.17, 15) is 9.90 Å². The summed E-state index contributed by atoms with van der Waals surface area (Å²) in [6.45, 7) is 16.5. The minimum absolute atomic E-state index is 0. The number of aryl methyl sites for hydroxylation is 4. The maximum absolute atomic E-state index is 11.7. The molecule has 43 heavy (non-hydrogen) atoms. The maximum atomic E-state index is 11.7. The molecule has 0 spiro atoms. The fraction of sp³-hybridized carbons (Fsp3) is 0.368. The van der Waals surface area contributed by atoms with Crippen molar-refractivity contribution in [2.45, 2.75) is 81.1 Å². The van der Waals surface area contributed by atoms with Crippen LogP contribution in [0.1, 0.15) is 75.6 Å². The smallest absolute Gasteiger partial charge is 0.162 e. The van der Waals surface area contributed by atoms with Gasteiger partial charge in [0.05, 0.1) is 11.3 Å². The average Bonchev–Trinajstić information content (AvgIpc) is 3.34. The van der Waals surface area contributed by atoms with Gasteiger partial charge >= 0.3 is 0 Å². The molecular formula is C38H44IrNO3-. The molecule has 1 radical (unpaired) electrons. The van der Waals surface area contributed by atoms with E-state index in [0.29, 0.717) is 0 Å². The number of carbonyl (C=O) groups excluding carboxylic acids is 1. The van der Waals surface area contributed by atoms with E-state index in [-0.39, 0.29) is 43.5 Å². The third kappa shape index (κ3) is 7.45. The van der Waals surface area contributed by atoms with Crippen molar-refractivity contribution >= 4 is 38.6 Å². The van der Waals surface area contributed by atoms with Gasteiger partial charge in [0.25, 0.3) is 0 Å². The van der Waals surface area contributed by atoms with Crippen molar-refractivity contribution in [3.05, 3.63) is 88.7 Å². The van der Waals surface area contributed by atoms with Crippen LogP contribution < -0.4 is 0 Å². The fourth-order valence-corrected chi connectivity index (χ4v) is 5.92. The number of aliphatic hydroxyl groups is 1. The van der Waals surface area contributed by atoms with Gasteiger partial charge in [-0.1, -0.05) is 65.8 Å². The number of aliphatic hydroxyl groups excluding tert-OH is 1. The Morgan fingerprint density at radius 1 is 0.860 bits per heavy atom. The van der Waals surface area contributed by atoms with Crippen molar-refractivity contribution in [3.63, 3.8) is 0 Å². The minimum atomic E-state index is 0. The van der Waals surface area contributed by atoms with Gasteiger partial charge in [0, 0.05) is 59.9 Å². The van der Waals surface area contributed by atoms with E-state index in [0.717, 1.165) is 80.9 Å². The Kier molecular flexibility index (Phi) is 11.9. The summed E-state index contributed by atoms with van der Waals surface area (Å²) in [4.78, 5) is 16.7. The van der Waals surface area contributed by atoms with Gasteiger partial charge in [-0.2, -0.15) is 0 Å². The van der Waals surface area contributed by atoms with E-state index in [2.05, 4.69) is 76.2 Å². The number of ketones is 1. The van der Waals surface area contributed by atoms with E-state index in [1.165, 1.54) is 17.2 Å². The van der Waals surface area contributed by atoms with E-state index >= 15 is 0 Å². The van der Waals surface area contributed by atoms with Crippen LogP contribution in [0.25, 0.3) is 44.1 Å². The zero-order valence-electron chi connectivity index (χ0n) is 26.7. The number of carbonyl (C=O) groups is 1. The number of pyridine rings is 1. The van der Waals surface area contributed by atoms with Crippen LogP contribution in [0.15, 0.2) is 64.8 Å². The first-order valence-corrected chi connectivity index (χ1v) is 15.3. The minimum Gasteiger partial charge on any atom is -0.512 e. The van der Waals surface area contributed by atoms with E-state index in [4.69, 9.17) is 9.40 Å². The van der Waals surface area contributed by atoms with Gasteiger partial charge in [-0.15, -0.1) is 34.9 Å². The van der Waals surface area contributed by atoms with Crippen LogP contribution in [-0.4, -0.2) is 15.9 Å². The fourth-order valence-electron chi connectivity index (χ4n) is 5.92. The molecule has 2 heterocycles. The predicted molar refractivity (Wildman–Crippen MR) is 176 cm³/mol. The molecule has 0 aliphatic heterocycles. The summed E-state index contributed by atoms with van der Waals surface area (Å²) >= 11 is 0. The Hall–Kier alpha value is -3.27. The summed E-state index contributed by atoms with van der Waals surface area (Å²) in [5, 5.41) is 13.2. The second-order valence-electron chi connectivity index (χ2n) is 11.5. The van der Waals surface area contributed by atoms with Crippen LogP contribution in [0.4, 0.5) is 0 Å². The molecule has 2 aromatic heterocycles. The number of aromatic nitrogens is 1. The first-order chi connectivity index (χ1) is 20.1. The molecule has 5 rings (SSSR count). The van der Waals surface area contributed by atoms with Crippen molar-refractivity contribution in [1.82, 2.24) is 4.98 Å². The maximum Gasteiger partial charge on any atom is 0.162 e. The Morgan fingerprint density at radius 3 is 2.12 bits per heavy atom. The topological polar surface area (TPSA) is 63.3 Å². The summed E-state index contributed by atoms with van der Waals surface area (Å²) in [5.74, 6) is 0.547. The van der Waals surface area contributed by atoms with Gasteiger partial charge in [-0.05, 0) is 62.8 Å². The molecule has 0 atom stereocenters. The van der Waals surface area contributed by atoms with Crippen LogP contribution in [0.3, 0.4) is 0 Å². The molecule has 5 heteroatoms. The molecule has 1 N–H and O–H groups in total. The summed E-state index contributed by atoms with van der Waals surface area (Å²) in [6.07, 6.45) is 4.91. The molecule has 0 unspecified atom stereocenters. The number of benzene rings is 3. The number of rotatable bonds is 8. The number of furan rings is 1. The number of para-hydroxylation sites is 1. The second-order valence-corrected chi connectivity index (χ2v) is 11.5. The third-order valence-corrected chi connectivity index (χ3v) is 8.23. The number of fused-ring (bicyclic) bond motifs is 5. The average molecular weight is 755 g/mol. The number of allylic oxidation sites excluding steroid dienone is 2. The van der Waals surface area contributed by atoms with Crippen LogP contribution in [0, 0.1) is 45.6 Å². The Labute approximate surface area is 270 Å². The number of hydrogen-bond acceptors (Lipinski definition) is 4. The first kappa shape index (κ1) is 34.2. The molecule has 0 saturated heterocycles. The van der Waals surface area contributed by atoms with Gasteiger partial charge < -0.3 is 9.52 Å². The van der Waals surface area contributed by atoms with Crippen molar-refractivity contribution in [1.29, 1.82) is 0 Å². The summed E-state index contributed by atoms with van der Waals surface area (Å²) in [5.41, 5.74) is 9.32.